The summed E-state index contributed by atoms with van der Waals surface area (Å²) in [4.78, 5) is 50.0. The topological polar surface area (TPSA) is 128 Å². The second-order valence-corrected chi connectivity index (χ2v) is 8.23. The number of hydrogen-bond donors (Lipinski definition) is 4. The molecule has 1 unspecified atom stereocenters. The van der Waals surface area contributed by atoms with E-state index in [-0.39, 0.29) is 24.0 Å². The van der Waals surface area contributed by atoms with Crippen LogP contribution in [0.5, 0.6) is 0 Å². The minimum absolute atomic E-state index is 0.0986. The normalized spacial score (nSPS) is 23.5. The molecule has 160 valence electrons. The number of fused-ring (bicyclic) bond motifs is 1. The van der Waals surface area contributed by atoms with E-state index in [1.54, 1.807) is 18.2 Å². The van der Waals surface area contributed by atoms with Crippen LogP contribution in [-0.2, 0) is 16.1 Å². The molecular weight excluding hydrogens is 388 g/mol. The first kappa shape index (κ1) is 20.6. The number of hydrogen-bond acceptors (Lipinski definition) is 7. The van der Waals surface area contributed by atoms with Crippen molar-refractivity contribution in [2.24, 2.45) is 0 Å². The molecule has 4 N–H and O–H groups in total. The summed E-state index contributed by atoms with van der Waals surface area (Å²) < 4.78 is 0. The Morgan fingerprint density at radius 2 is 1.83 bits per heavy atom. The van der Waals surface area contributed by atoms with Crippen molar-refractivity contribution in [1.82, 2.24) is 20.9 Å². The van der Waals surface area contributed by atoms with Crippen LogP contribution < -0.4 is 16.0 Å². The number of rotatable bonds is 6. The molecule has 1 atom stereocenters. The van der Waals surface area contributed by atoms with E-state index >= 15 is 0 Å². The van der Waals surface area contributed by atoms with Gasteiger partial charge in [-0.2, -0.15) is 0 Å². The summed E-state index contributed by atoms with van der Waals surface area (Å²) in [6.07, 6.45) is 2.37. The highest BCUT2D eigenvalue weighted by molar-refractivity contribution is 6.23. The molecule has 0 spiro atoms. The Balaban J connectivity index is 1.38. The quantitative estimate of drug-likeness (QED) is 0.371. The number of nitrogens with one attached hydrogen (secondary N) is 3. The highest BCUT2D eigenvalue weighted by Gasteiger charge is 2.44. The molecule has 2 fully saturated rings. The third kappa shape index (κ3) is 4.00. The van der Waals surface area contributed by atoms with Gasteiger partial charge in [0.25, 0.3) is 11.8 Å². The summed E-state index contributed by atoms with van der Waals surface area (Å²) in [7, 11) is 0. The van der Waals surface area contributed by atoms with Crippen LogP contribution in [0, 0.1) is 0 Å². The molecule has 9 heteroatoms. The number of aliphatic hydroxyl groups is 1. The summed E-state index contributed by atoms with van der Waals surface area (Å²) in [5, 5.41) is 19.2. The Labute approximate surface area is 174 Å². The van der Waals surface area contributed by atoms with E-state index in [0.717, 1.165) is 36.4 Å². The van der Waals surface area contributed by atoms with Crippen LogP contribution in [0.1, 0.15) is 58.4 Å². The van der Waals surface area contributed by atoms with Gasteiger partial charge >= 0.3 is 0 Å². The lowest BCUT2D eigenvalue weighted by Crippen LogP contribution is -2.54. The zero-order chi connectivity index (χ0) is 21.3. The maximum absolute atomic E-state index is 12.8. The van der Waals surface area contributed by atoms with Gasteiger partial charge in [-0.05, 0) is 63.0 Å². The maximum Gasteiger partial charge on any atom is 0.262 e. The molecule has 0 radical (unpaired) electrons. The highest BCUT2D eigenvalue weighted by Crippen LogP contribution is 2.28. The SMILES string of the molecule is O=C1CCC(N2C(=O)c3ccc(CNCCC4(O)CCNCC4)cc3C2=O)C(=O)N1. The summed E-state index contributed by atoms with van der Waals surface area (Å²) in [5.74, 6) is -2.01. The molecule has 1 aromatic rings. The van der Waals surface area contributed by atoms with Crippen molar-refractivity contribution in [3.05, 3.63) is 34.9 Å². The zero-order valence-electron chi connectivity index (χ0n) is 16.7. The third-order valence-electron chi connectivity index (χ3n) is 6.13. The van der Waals surface area contributed by atoms with E-state index in [0.29, 0.717) is 19.5 Å². The van der Waals surface area contributed by atoms with Gasteiger partial charge in [0.2, 0.25) is 11.8 Å². The molecule has 0 aromatic heterocycles. The van der Waals surface area contributed by atoms with Gasteiger partial charge in [0.1, 0.15) is 6.04 Å². The molecule has 2 saturated heterocycles. The van der Waals surface area contributed by atoms with E-state index < -0.39 is 35.3 Å². The van der Waals surface area contributed by atoms with Gasteiger partial charge in [0.15, 0.2) is 0 Å². The fourth-order valence-corrected chi connectivity index (χ4v) is 4.32. The van der Waals surface area contributed by atoms with Crippen molar-refractivity contribution < 1.29 is 24.3 Å². The molecule has 9 nitrogen and oxygen atoms in total. The van der Waals surface area contributed by atoms with Crippen LogP contribution in [0.25, 0.3) is 0 Å². The molecular formula is C21H26N4O5. The van der Waals surface area contributed by atoms with E-state index in [9.17, 15) is 24.3 Å². The molecule has 3 heterocycles. The van der Waals surface area contributed by atoms with Gasteiger partial charge < -0.3 is 15.7 Å². The standard InChI is InChI=1S/C21H26N4O5/c26-17-4-3-16(18(27)24-17)25-19(28)14-2-1-13(11-15(14)20(25)29)12-23-10-7-21(30)5-8-22-9-6-21/h1-2,11,16,22-23,30H,3-10,12H2,(H,24,26,27). The summed E-state index contributed by atoms with van der Waals surface area (Å²) in [6, 6.07) is 4.11. The average molecular weight is 414 g/mol. The Morgan fingerprint density at radius 1 is 1.10 bits per heavy atom. The number of carbonyl (C=O) groups excluding carboxylic acids is 4. The third-order valence-corrected chi connectivity index (χ3v) is 6.13. The van der Waals surface area contributed by atoms with Crippen LogP contribution in [0.4, 0.5) is 0 Å². The van der Waals surface area contributed by atoms with Crippen molar-refractivity contribution in [1.29, 1.82) is 0 Å². The fourth-order valence-electron chi connectivity index (χ4n) is 4.32. The Bertz CT molecular complexity index is 893. The average Bonchev–Trinajstić information content (AvgIpc) is 2.96. The molecule has 0 aliphatic carbocycles. The van der Waals surface area contributed by atoms with E-state index in [4.69, 9.17) is 0 Å². The summed E-state index contributed by atoms with van der Waals surface area (Å²) >= 11 is 0. The predicted molar refractivity (Wildman–Crippen MR) is 106 cm³/mol. The van der Waals surface area contributed by atoms with E-state index in [1.165, 1.54) is 0 Å². The Hall–Kier alpha value is -2.62. The Kier molecular flexibility index (Phi) is 5.68. The number of piperidine rings is 2. The zero-order valence-corrected chi connectivity index (χ0v) is 16.7. The molecule has 4 rings (SSSR count). The van der Waals surface area contributed by atoms with Gasteiger partial charge in [-0.3, -0.25) is 29.4 Å². The van der Waals surface area contributed by atoms with Crippen LogP contribution in [0.15, 0.2) is 18.2 Å². The van der Waals surface area contributed by atoms with Gasteiger partial charge in [-0.1, -0.05) is 6.07 Å². The number of benzene rings is 1. The second-order valence-electron chi connectivity index (χ2n) is 8.23. The smallest absolute Gasteiger partial charge is 0.262 e. The van der Waals surface area contributed by atoms with Gasteiger partial charge in [0.05, 0.1) is 16.7 Å². The maximum atomic E-state index is 12.8. The van der Waals surface area contributed by atoms with Crippen molar-refractivity contribution in [3.63, 3.8) is 0 Å². The lowest BCUT2D eigenvalue weighted by molar-refractivity contribution is -0.136. The first-order valence-corrected chi connectivity index (χ1v) is 10.4. The largest absolute Gasteiger partial charge is 0.390 e. The number of carbonyl (C=O) groups is 4. The lowest BCUT2D eigenvalue weighted by Gasteiger charge is -2.32. The molecule has 3 aliphatic heterocycles. The van der Waals surface area contributed by atoms with Crippen molar-refractivity contribution in [3.8, 4) is 0 Å². The first-order chi connectivity index (χ1) is 14.4. The first-order valence-electron chi connectivity index (χ1n) is 10.4. The minimum atomic E-state index is -0.956. The van der Waals surface area contributed by atoms with Gasteiger partial charge in [0, 0.05) is 13.0 Å². The van der Waals surface area contributed by atoms with Gasteiger partial charge in [-0.25, -0.2) is 0 Å². The van der Waals surface area contributed by atoms with Crippen LogP contribution in [0.3, 0.4) is 0 Å². The van der Waals surface area contributed by atoms with Crippen LogP contribution >= 0.6 is 0 Å². The molecule has 30 heavy (non-hydrogen) atoms. The fraction of sp³-hybridized carbons (Fsp3) is 0.524. The summed E-state index contributed by atoms with van der Waals surface area (Å²) in [5.41, 5.74) is 0.761. The predicted octanol–water partition coefficient (Wildman–Crippen LogP) is -0.318. The molecule has 3 aliphatic rings. The molecule has 1 aromatic carbocycles. The summed E-state index contributed by atoms with van der Waals surface area (Å²) in [6.45, 7) is 2.78. The Morgan fingerprint density at radius 3 is 2.57 bits per heavy atom. The van der Waals surface area contributed by atoms with Crippen LogP contribution in [-0.4, -0.2) is 64.9 Å². The molecule has 0 saturated carbocycles. The van der Waals surface area contributed by atoms with E-state index in [2.05, 4.69) is 16.0 Å². The van der Waals surface area contributed by atoms with Crippen molar-refractivity contribution in [2.45, 2.75) is 50.3 Å². The van der Waals surface area contributed by atoms with E-state index in [1.807, 2.05) is 0 Å². The number of imide groups is 2. The van der Waals surface area contributed by atoms with Crippen molar-refractivity contribution in [2.75, 3.05) is 19.6 Å². The molecule has 0 bridgehead atoms. The minimum Gasteiger partial charge on any atom is -0.390 e. The monoisotopic (exact) mass is 414 g/mol. The van der Waals surface area contributed by atoms with Crippen LogP contribution in [0.2, 0.25) is 0 Å². The number of amides is 4. The van der Waals surface area contributed by atoms with Crippen molar-refractivity contribution >= 4 is 23.6 Å². The highest BCUT2D eigenvalue weighted by atomic mass is 16.3. The number of nitrogens with zero attached hydrogens (tertiary/aromatic N) is 1. The second kappa shape index (κ2) is 8.25. The van der Waals surface area contributed by atoms with Gasteiger partial charge in [-0.15, -0.1) is 0 Å². The lowest BCUT2D eigenvalue weighted by atomic mass is 9.89. The molecule has 4 amide bonds.